The van der Waals surface area contributed by atoms with Crippen LogP contribution in [0.2, 0.25) is 0 Å². The van der Waals surface area contributed by atoms with Crippen LogP contribution in [0.15, 0.2) is 53.3 Å². The van der Waals surface area contributed by atoms with Gasteiger partial charge in [-0.3, -0.25) is 0 Å². The number of aryl methyl sites for hydroxylation is 3. The van der Waals surface area contributed by atoms with Crippen molar-refractivity contribution >= 4 is 0 Å². The number of tetrazole rings is 1. The first-order chi connectivity index (χ1) is 14.4. The van der Waals surface area contributed by atoms with Gasteiger partial charge in [-0.15, -0.1) is 0 Å². The van der Waals surface area contributed by atoms with Crippen LogP contribution in [0, 0.1) is 19.8 Å². The molecule has 4 rings (SSSR count). The van der Waals surface area contributed by atoms with Crippen molar-refractivity contribution in [3.63, 3.8) is 0 Å². The molecule has 0 aliphatic carbocycles. The number of pyridine rings is 2. The molecule has 0 spiro atoms. The van der Waals surface area contributed by atoms with E-state index in [4.69, 9.17) is 4.74 Å². The van der Waals surface area contributed by atoms with Crippen LogP contribution in [0.3, 0.4) is 0 Å². The minimum Gasteiger partial charge on any atom is -0.473 e. The van der Waals surface area contributed by atoms with Gasteiger partial charge in [0.25, 0.3) is 0 Å². The van der Waals surface area contributed by atoms with Crippen LogP contribution < -0.4 is 10.4 Å². The minimum atomic E-state index is -0.532. The molecule has 0 aliphatic rings. The van der Waals surface area contributed by atoms with Crippen LogP contribution in [-0.2, 0) is 13.7 Å². The van der Waals surface area contributed by atoms with E-state index in [1.165, 1.54) is 10.7 Å². The van der Waals surface area contributed by atoms with Gasteiger partial charge in [-0.05, 0) is 54.1 Å². The number of halogens is 1. The van der Waals surface area contributed by atoms with E-state index in [9.17, 15) is 9.18 Å². The Bertz CT molecular complexity index is 1280. The highest BCUT2D eigenvalue weighted by Gasteiger charge is 2.14. The van der Waals surface area contributed by atoms with Gasteiger partial charge >= 0.3 is 5.69 Å². The fraction of sp³-hybridized carbons (Fsp3) is 0.190. The van der Waals surface area contributed by atoms with E-state index >= 15 is 0 Å². The first kappa shape index (κ1) is 19.4. The summed E-state index contributed by atoms with van der Waals surface area (Å²) in [5, 5.41) is 7.69. The van der Waals surface area contributed by atoms with Crippen LogP contribution >= 0.6 is 0 Å². The second-order valence-electron chi connectivity index (χ2n) is 6.79. The average Bonchev–Trinajstić information content (AvgIpc) is 3.05. The summed E-state index contributed by atoms with van der Waals surface area (Å²) in [4.78, 5) is 20.6. The quantitative estimate of drug-likeness (QED) is 0.474. The number of hydrogen-bond acceptors (Lipinski definition) is 6. The van der Waals surface area contributed by atoms with Gasteiger partial charge in [-0.2, -0.15) is 13.8 Å². The lowest BCUT2D eigenvalue weighted by Gasteiger charge is -2.13. The fourth-order valence-electron chi connectivity index (χ4n) is 3.13. The van der Waals surface area contributed by atoms with Gasteiger partial charge in [0.2, 0.25) is 11.8 Å². The Labute approximate surface area is 171 Å². The molecule has 0 radical (unpaired) electrons. The third kappa shape index (κ3) is 3.69. The van der Waals surface area contributed by atoms with Crippen molar-refractivity contribution in [3.8, 4) is 22.8 Å². The average molecular weight is 406 g/mol. The summed E-state index contributed by atoms with van der Waals surface area (Å²) in [5.41, 5.74) is 3.90. The molecule has 3 heterocycles. The molecule has 0 atom stereocenters. The van der Waals surface area contributed by atoms with Crippen LogP contribution in [0.25, 0.3) is 16.9 Å². The molecule has 0 aliphatic heterocycles. The van der Waals surface area contributed by atoms with Gasteiger partial charge in [0.05, 0.1) is 11.4 Å². The maximum atomic E-state index is 13.3. The van der Waals surface area contributed by atoms with E-state index in [0.29, 0.717) is 23.0 Å². The first-order valence-electron chi connectivity index (χ1n) is 9.25. The predicted octanol–water partition coefficient (Wildman–Crippen LogP) is 2.76. The second kappa shape index (κ2) is 7.86. The summed E-state index contributed by atoms with van der Waals surface area (Å²) in [5.74, 6) is -0.132. The van der Waals surface area contributed by atoms with Crippen LogP contribution in [0.1, 0.15) is 16.8 Å². The lowest BCUT2D eigenvalue weighted by atomic mass is 10.1. The van der Waals surface area contributed by atoms with Gasteiger partial charge in [0.15, 0.2) is 0 Å². The second-order valence-corrected chi connectivity index (χ2v) is 6.79. The molecule has 3 aromatic heterocycles. The van der Waals surface area contributed by atoms with Gasteiger partial charge < -0.3 is 4.74 Å². The zero-order valence-corrected chi connectivity index (χ0v) is 16.7. The molecular formula is C21H19FN6O2. The van der Waals surface area contributed by atoms with Crippen LogP contribution in [0.5, 0.6) is 5.88 Å². The van der Waals surface area contributed by atoms with E-state index in [0.717, 1.165) is 21.4 Å². The molecule has 4 aromatic rings. The molecule has 8 nitrogen and oxygen atoms in total. The Hall–Kier alpha value is -3.88. The molecule has 0 fully saturated rings. The number of nitrogens with zero attached hydrogens (tertiary/aromatic N) is 6. The molecule has 152 valence electrons. The molecule has 0 N–H and O–H groups in total. The smallest absolute Gasteiger partial charge is 0.368 e. The Kier molecular flexibility index (Phi) is 5.09. The molecule has 0 unspecified atom stereocenters. The third-order valence-electron chi connectivity index (χ3n) is 4.75. The van der Waals surface area contributed by atoms with Crippen molar-refractivity contribution in [3.05, 3.63) is 81.8 Å². The summed E-state index contributed by atoms with van der Waals surface area (Å²) >= 11 is 0. The Morgan fingerprint density at radius 2 is 1.80 bits per heavy atom. The fourth-order valence-corrected chi connectivity index (χ4v) is 3.13. The van der Waals surface area contributed by atoms with Crippen molar-refractivity contribution in [1.29, 1.82) is 0 Å². The van der Waals surface area contributed by atoms with Gasteiger partial charge in [-0.1, -0.05) is 18.2 Å². The molecule has 0 saturated carbocycles. The predicted molar refractivity (Wildman–Crippen MR) is 108 cm³/mol. The maximum absolute atomic E-state index is 13.3. The molecule has 0 saturated heterocycles. The van der Waals surface area contributed by atoms with E-state index in [-0.39, 0.29) is 12.3 Å². The molecule has 9 heteroatoms. The summed E-state index contributed by atoms with van der Waals surface area (Å²) in [6, 6.07) is 13.9. The monoisotopic (exact) mass is 406 g/mol. The lowest BCUT2D eigenvalue weighted by molar-refractivity contribution is 0.293. The molecule has 1 aromatic carbocycles. The summed E-state index contributed by atoms with van der Waals surface area (Å²) in [7, 11) is 1.54. The molecule has 30 heavy (non-hydrogen) atoms. The Morgan fingerprint density at radius 1 is 1.00 bits per heavy atom. The number of rotatable bonds is 5. The largest absolute Gasteiger partial charge is 0.473 e. The van der Waals surface area contributed by atoms with Crippen molar-refractivity contribution < 1.29 is 9.13 Å². The highest BCUT2D eigenvalue weighted by Crippen LogP contribution is 2.24. The highest BCUT2D eigenvalue weighted by molar-refractivity contribution is 5.61. The molecule has 0 bridgehead atoms. The van der Waals surface area contributed by atoms with E-state index < -0.39 is 5.95 Å². The third-order valence-corrected chi connectivity index (χ3v) is 4.75. The minimum absolute atomic E-state index is 0.183. The van der Waals surface area contributed by atoms with Gasteiger partial charge in [0.1, 0.15) is 6.61 Å². The maximum Gasteiger partial charge on any atom is 0.368 e. The molecule has 0 amide bonds. The van der Waals surface area contributed by atoms with Crippen LogP contribution in [-0.4, -0.2) is 29.8 Å². The summed E-state index contributed by atoms with van der Waals surface area (Å²) < 4.78 is 21.6. The lowest BCUT2D eigenvalue weighted by Crippen LogP contribution is -2.23. The van der Waals surface area contributed by atoms with E-state index in [1.54, 1.807) is 32.2 Å². The van der Waals surface area contributed by atoms with Crippen molar-refractivity contribution in [2.45, 2.75) is 20.5 Å². The zero-order valence-electron chi connectivity index (χ0n) is 16.7. The normalized spacial score (nSPS) is 10.9. The SMILES string of the molecule is Cc1cccc(-n2nnn(C)c2=O)c1COc1cccc(-c2ccc(F)nc2C)n1. The topological polar surface area (TPSA) is 87.7 Å². The van der Waals surface area contributed by atoms with E-state index in [1.807, 2.05) is 31.2 Å². The Balaban J connectivity index is 1.63. The number of hydrogen-bond donors (Lipinski definition) is 0. The van der Waals surface area contributed by atoms with Gasteiger partial charge in [-0.25, -0.2) is 14.8 Å². The highest BCUT2D eigenvalue weighted by atomic mass is 19.1. The number of benzene rings is 1. The van der Waals surface area contributed by atoms with Crippen LogP contribution in [0.4, 0.5) is 4.39 Å². The summed E-state index contributed by atoms with van der Waals surface area (Å²) in [6.07, 6.45) is 0. The zero-order chi connectivity index (χ0) is 21.3. The standard InChI is InChI=1S/C21H19FN6O2/c1-13-6-4-8-18(28-21(29)27(3)25-26-28)16(13)12-30-20-9-5-7-17(24-20)15-10-11-19(22)23-14(15)2/h4-11H,12H2,1-3H3. The molecular weight excluding hydrogens is 387 g/mol. The summed E-state index contributed by atoms with van der Waals surface area (Å²) in [6.45, 7) is 3.84. The Morgan fingerprint density at radius 3 is 2.53 bits per heavy atom. The number of ether oxygens (including phenoxy) is 1. The van der Waals surface area contributed by atoms with E-state index in [2.05, 4.69) is 20.4 Å². The van der Waals surface area contributed by atoms with Crippen molar-refractivity contribution in [2.24, 2.45) is 7.05 Å². The number of aromatic nitrogens is 6. The van der Waals surface area contributed by atoms with Crippen molar-refractivity contribution in [2.75, 3.05) is 0 Å². The van der Waals surface area contributed by atoms with Gasteiger partial charge in [0, 0.05) is 29.9 Å². The van der Waals surface area contributed by atoms with Crippen molar-refractivity contribution in [1.82, 2.24) is 29.8 Å². The first-order valence-corrected chi connectivity index (χ1v) is 9.25.